The Kier molecular flexibility index (Phi) is 9.21. The van der Waals surface area contributed by atoms with Gasteiger partial charge in [0.25, 0.3) is 0 Å². The summed E-state index contributed by atoms with van der Waals surface area (Å²) in [5, 5.41) is 2.24. The van der Waals surface area contributed by atoms with E-state index in [1.807, 2.05) is 0 Å². The first kappa shape index (κ1) is 25.8. The summed E-state index contributed by atoms with van der Waals surface area (Å²) in [6.07, 6.45) is -1.34. The number of ether oxygens (including phenoxy) is 3. The third-order valence-corrected chi connectivity index (χ3v) is 5.26. The van der Waals surface area contributed by atoms with E-state index in [4.69, 9.17) is 25.8 Å². The van der Waals surface area contributed by atoms with Gasteiger partial charge in [-0.1, -0.05) is 35.9 Å². The van der Waals surface area contributed by atoms with Crippen molar-refractivity contribution in [2.75, 3.05) is 13.7 Å². The van der Waals surface area contributed by atoms with Crippen LogP contribution in [0, 0.1) is 5.82 Å². The second-order valence-corrected chi connectivity index (χ2v) is 8.97. The molecule has 0 aliphatic rings. The first-order valence-electron chi connectivity index (χ1n) is 9.91. The van der Waals surface area contributed by atoms with Crippen LogP contribution in [0.2, 0.25) is 5.02 Å². The highest BCUT2D eigenvalue weighted by Gasteiger charge is 2.27. The van der Waals surface area contributed by atoms with Crippen LogP contribution in [0.4, 0.5) is 9.18 Å². The number of hydrogen-bond donors (Lipinski definition) is 2. The molecule has 0 radical (unpaired) electrons. The van der Waals surface area contributed by atoms with Crippen molar-refractivity contribution < 1.29 is 28.2 Å². The number of rotatable bonds is 8. The van der Waals surface area contributed by atoms with Gasteiger partial charge in [-0.05, 0) is 44.0 Å². The number of thiol groups is 1. The lowest BCUT2D eigenvalue weighted by atomic mass is 9.99. The Bertz CT molecular complexity index is 950. The van der Waals surface area contributed by atoms with E-state index in [1.54, 1.807) is 51.1 Å². The Morgan fingerprint density at radius 2 is 1.88 bits per heavy atom. The number of methoxy groups -OCH3 is 1. The summed E-state index contributed by atoms with van der Waals surface area (Å²) in [5.74, 6) is -0.820. The molecule has 0 aliphatic carbocycles. The van der Waals surface area contributed by atoms with Crippen LogP contribution in [-0.4, -0.2) is 37.4 Å². The molecule has 0 saturated carbocycles. The monoisotopic (exact) mass is 483 g/mol. The molecule has 2 rings (SSSR count). The van der Waals surface area contributed by atoms with E-state index in [9.17, 15) is 14.0 Å². The predicted octanol–water partition coefficient (Wildman–Crippen LogP) is 5.14. The van der Waals surface area contributed by atoms with Crippen LogP contribution in [-0.2, 0) is 20.7 Å². The number of alkyl carbamates (subject to hydrolysis) is 1. The molecule has 1 N–H and O–H groups in total. The molecule has 0 aliphatic heterocycles. The highest BCUT2D eigenvalue weighted by Crippen LogP contribution is 2.34. The zero-order valence-corrected chi connectivity index (χ0v) is 20.0. The smallest absolute Gasteiger partial charge is 0.408 e. The van der Waals surface area contributed by atoms with Gasteiger partial charge in [-0.25, -0.2) is 9.18 Å². The number of halogens is 2. The van der Waals surface area contributed by atoms with Crippen molar-refractivity contribution in [2.24, 2.45) is 0 Å². The van der Waals surface area contributed by atoms with Crippen molar-refractivity contribution in [2.45, 2.75) is 44.1 Å². The molecule has 0 spiro atoms. The number of nitrogens with one attached hydrogen (secondary N) is 1. The van der Waals surface area contributed by atoms with Crippen LogP contribution in [0.15, 0.2) is 42.5 Å². The van der Waals surface area contributed by atoms with Crippen LogP contribution in [0.5, 0.6) is 5.75 Å². The number of amides is 1. The number of carbonyl (C=O) groups is 2. The Morgan fingerprint density at radius 1 is 1.19 bits per heavy atom. The van der Waals surface area contributed by atoms with Crippen molar-refractivity contribution in [1.82, 2.24) is 5.32 Å². The van der Waals surface area contributed by atoms with Gasteiger partial charge in [-0.15, -0.1) is 0 Å². The van der Waals surface area contributed by atoms with Gasteiger partial charge >= 0.3 is 12.1 Å². The molecule has 6 nitrogen and oxygen atoms in total. The molecule has 9 heteroatoms. The maximum absolute atomic E-state index is 13.6. The lowest BCUT2D eigenvalue weighted by Crippen LogP contribution is -2.37. The first-order chi connectivity index (χ1) is 15.0. The van der Waals surface area contributed by atoms with Gasteiger partial charge in [0.1, 0.15) is 29.8 Å². The summed E-state index contributed by atoms with van der Waals surface area (Å²) >= 11 is 11.0. The predicted molar refractivity (Wildman–Crippen MR) is 124 cm³/mol. The summed E-state index contributed by atoms with van der Waals surface area (Å²) < 4.78 is 29.6. The zero-order valence-electron chi connectivity index (χ0n) is 18.4. The molecule has 1 amide bonds. The second kappa shape index (κ2) is 11.4. The minimum Gasteiger partial charge on any atom is -0.496 e. The summed E-state index contributed by atoms with van der Waals surface area (Å²) in [6.45, 7) is 4.75. The molecular formula is C23H27ClFNO5S. The number of carbonyl (C=O) groups excluding carboxylic acids is 2. The molecule has 0 aromatic heterocycles. The van der Waals surface area contributed by atoms with Crippen LogP contribution < -0.4 is 10.1 Å². The van der Waals surface area contributed by atoms with E-state index in [2.05, 4.69) is 17.9 Å². The molecule has 0 bridgehead atoms. The second-order valence-electron chi connectivity index (χ2n) is 8.01. The van der Waals surface area contributed by atoms with Gasteiger partial charge in [-0.2, -0.15) is 12.6 Å². The molecule has 0 saturated heterocycles. The quantitative estimate of drug-likeness (QED) is 0.402. The van der Waals surface area contributed by atoms with Gasteiger partial charge in [0, 0.05) is 17.5 Å². The minimum absolute atomic E-state index is 0.182. The minimum atomic E-state index is -0.787. The van der Waals surface area contributed by atoms with Crippen LogP contribution in [0.25, 0.3) is 0 Å². The summed E-state index contributed by atoms with van der Waals surface area (Å²) in [5.41, 5.74) is 0.588. The summed E-state index contributed by atoms with van der Waals surface area (Å²) in [7, 11) is 1.43. The molecule has 174 valence electrons. The van der Waals surface area contributed by atoms with Gasteiger partial charge in [0.2, 0.25) is 0 Å². The van der Waals surface area contributed by atoms with Crippen LogP contribution >= 0.6 is 24.2 Å². The fourth-order valence-electron chi connectivity index (χ4n) is 2.91. The molecule has 2 atom stereocenters. The normalized spacial score (nSPS) is 13.1. The van der Waals surface area contributed by atoms with E-state index < -0.39 is 41.4 Å². The van der Waals surface area contributed by atoms with E-state index in [0.29, 0.717) is 21.9 Å². The highest BCUT2D eigenvalue weighted by atomic mass is 35.5. The fraction of sp³-hybridized carbons (Fsp3) is 0.391. The molecule has 0 heterocycles. The Hall–Kier alpha value is -2.45. The van der Waals surface area contributed by atoms with Crippen molar-refractivity contribution in [3.05, 3.63) is 64.4 Å². The van der Waals surface area contributed by atoms with E-state index in [-0.39, 0.29) is 6.42 Å². The van der Waals surface area contributed by atoms with Crippen LogP contribution in [0.3, 0.4) is 0 Å². The standard InChI is InChI=1S/C23H27ClFNO5S/c1-23(2,3)31-22(28)26-13-20(27)30-19(21(32)16-7-5-6-8-17(16)24)11-14-9-10-15(25)12-18(14)29-4/h5-10,12,19,21,32H,11,13H2,1-4H3,(H,26,28). The first-order valence-corrected chi connectivity index (χ1v) is 10.8. The third kappa shape index (κ3) is 7.91. The summed E-state index contributed by atoms with van der Waals surface area (Å²) in [4.78, 5) is 24.3. The molecule has 32 heavy (non-hydrogen) atoms. The Labute approximate surface area is 197 Å². The number of hydrogen-bond acceptors (Lipinski definition) is 6. The molecule has 0 fully saturated rings. The molecule has 2 aromatic rings. The molecular weight excluding hydrogens is 457 g/mol. The van der Waals surface area contributed by atoms with E-state index >= 15 is 0 Å². The van der Waals surface area contributed by atoms with E-state index in [1.165, 1.54) is 19.2 Å². The Balaban J connectivity index is 2.20. The lowest BCUT2D eigenvalue weighted by molar-refractivity contribution is -0.148. The molecule has 2 unspecified atom stereocenters. The largest absolute Gasteiger partial charge is 0.496 e. The van der Waals surface area contributed by atoms with Gasteiger partial charge in [0.05, 0.1) is 12.4 Å². The lowest BCUT2D eigenvalue weighted by Gasteiger charge is -2.26. The van der Waals surface area contributed by atoms with Gasteiger partial charge in [-0.3, -0.25) is 4.79 Å². The number of esters is 1. The van der Waals surface area contributed by atoms with E-state index in [0.717, 1.165) is 0 Å². The highest BCUT2D eigenvalue weighted by molar-refractivity contribution is 7.80. The van der Waals surface area contributed by atoms with Crippen molar-refractivity contribution in [3.8, 4) is 5.75 Å². The fourth-order valence-corrected chi connectivity index (χ4v) is 3.63. The molecule has 2 aromatic carbocycles. The summed E-state index contributed by atoms with van der Waals surface area (Å²) in [6, 6.07) is 11.2. The topological polar surface area (TPSA) is 73.9 Å². The maximum atomic E-state index is 13.6. The van der Waals surface area contributed by atoms with Crippen molar-refractivity contribution in [1.29, 1.82) is 0 Å². The van der Waals surface area contributed by atoms with Crippen molar-refractivity contribution in [3.63, 3.8) is 0 Å². The Morgan fingerprint density at radius 3 is 2.50 bits per heavy atom. The average Bonchev–Trinajstić information content (AvgIpc) is 2.71. The third-order valence-electron chi connectivity index (χ3n) is 4.31. The number of benzene rings is 2. The van der Waals surface area contributed by atoms with Gasteiger partial charge < -0.3 is 19.5 Å². The maximum Gasteiger partial charge on any atom is 0.408 e. The average molecular weight is 484 g/mol. The zero-order chi connectivity index (χ0) is 23.9. The van der Waals surface area contributed by atoms with Gasteiger partial charge in [0.15, 0.2) is 0 Å². The van der Waals surface area contributed by atoms with Crippen molar-refractivity contribution >= 4 is 36.3 Å². The van der Waals surface area contributed by atoms with Crippen LogP contribution in [0.1, 0.15) is 37.1 Å². The SMILES string of the molecule is COc1cc(F)ccc1CC(OC(=O)CNC(=O)OC(C)(C)C)C(S)c1ccccc1Cl.